The van der Waals surface area contributed by atoms with Crippen LogP contribution in [0.4, 0.5) is 0 Å². The molecule has 0 saturated carbocycles. The van der Waals surface area contributed by atoms with E-state index >= 15 is 0 Å². The van der Waals surface area contributed by atoms with Crippen LogP contribution in [-0.4, -0.2) is 15.2 Å². The highest BCUT2D eigenvalue weighted by Crippen LogP contribution is 2.35. The van der Waals surface area contributed by atoms with Crippen molar-refractivity contribution in [2.45, 2.75) is 6.92 Å². The molecule has 0 bridgehead atoms. The Bertz CT molecular complexity index is 1040. The molecule has 3 aromatic carbocycles. The van der Waals surface area contributed by atoms with Gasteiger partial charge in [-0.2, -0.15) is 0 Å². The van der Waals surface area contributed by atoms with E-state index in [0.29, 0.717) is 22.5 Å². The molecule has 0 aliphatic carbocycles. The van der Waals surface area contributed by atoms with Gasteiger partial charge in [-0.1, -0.05) is 54.1 Å². The highest BCUT2D eigenvalue weighted by molar-refractivity contribution is 5.79. The van der Waals surface area contributed by atoms with Crippen LogP contribution in [-0.2, 0) is 0 Å². The molecule has 132 valence electrons. The van der Waals surface area contributed by atoms with Crippen LogP contribution in [0.2, 0.25) is 0 Å². The van der Waals surface area contributed by atoms with Gasteiger partial charge in [0.05, 0.1) is 11.4 Å². The van der Waals surface area contributed by atoms with Gasteiger partial charge in [-0.05, 0) is 54.4 Å². The smallest absolute Gasteiger partial charge is 0.124 e. The van der Waals surface area contributed by atoms with Gasteiger partial charge in [0.1, 0.15) is 11.5 Å². The van der Waals surface area contributed by atoms with Gasteiger partial charge < -0.3 is 10.2 Å². The number of hydrogen-bond acceptors (Lipinski definition) is 3. The van der Waals surface area contributed by atoms with Crippen LogP contribution in [0.3, 0.4) is 0 Å². The lowest BCUT2D eigenvalue weighted by Crippen LogP contribution is -1.92. The maximum absolute atomic E-state index is 10.3. The number of aryl methyl sites for hydroxylation is 1. The van der Waals surface area contributed by atoms with Gasteiger partial charge in [0.25, 0.3) is 0 Å². The molecule has 0 atom stereocenters. The lowest BCUT2D eigenvalue weighted by Gasteiger charge is -2.12. The molecule has 0 aliphatic rings. The second kappa shape index (κ2) is 6.96. The number of phenols is 2. The number of phenolic OH excluding ortho intramolecular Hbond substituents is 2. The minimum atomic E-state index is 0.175. The van der Waals surface area contributed by atoms with Crippen molar-refractivity contribution in [1.29, 1.82) is 0 Å². The summed E-state index contributed by atoms with van der Waals surface area (Å²) >= 11 is 0. The molecule has 3 heteroatoms. The number of nitrogens with zero attached hydrogens (tertiary/aromatic N) is 1. The van der Waals surface area contributed by atoms with Crippen LogP contribution in [0.5, 0.6) is 11.5 Å². The van der Waals surface area contributed by atoms with E-state index < -0.39 is 0 Å². The van der Waals surface area contributed by atoms with Crippen molar-refractivity contribution in [3.05, 3.63) is 90.5 Å². The third-order valence-corrected chi connectivity index (χ3v) is 4.57. The molecular formula is C24H19NO2. The maximum Gasteiger partial charge on any atom is 0.124 e. The van der Waals surface area contributed by atoms with Crippen molar-refractivity contribution >= 4 is 0 Å². The van der Waals surface area contributed by atoms with Gasteiger partial charge in [-0.15, -0.1) is 0 Å². The summed E-state index contributed by atoms with van der Waals surface area (Å²) in [7, 11) is 0. The number of rotatable bonds is 3. The maximum atomic E-state index is 10.3. The zero-order valence-corrected chi connectivity index (χ0v) is 14.9. The van der Waals surface area contributed by atoms with Crippen LogP contribution in [0, 0.1) is 6.92 Å². The Morgan fingerprint density at radius 1 is 0.593 bits per heavy atom. The largest absolute Gasteiger partial charge is 0.507 e. The SMILES string of the molecule is Cc1ccc(-c2cc(-c3ccccc3O)nc(-c3ccccc3O)c2)cc1. The molecule has 1 heterocycles. The molecular weight excluding hydrogens is 334 g/mol. The van der Waals surface area contributed by atoms with E-state index in [0.717, 1.165) is 11.1 Å². The van der Waals surface area contributed by atoms with Crippen molar-refractivity contribution in [3.63, 3.8) is 0 Å². The van der Waals surface area contributed by atoms with Crippen molar-refractivity contribution in [2.75, 3.05) is 0 Å². The lowest BCUT2D eigenvalue weighted by atomic mass is 9.99. The Kier molecular flexibility index (Phi) is 4.35. The van der Waals surface area contributed by atoms with E-state index in [1.807, 2.05) is 36.4 Å². The number of hydrogen-bond donors (Lipinski definition) is 2. The van der Waals surface area contributed by atoms with E-state index in [4.69, 9.17) is 4.98 Å². The predicted molar refractivity (Wildman–Crippen MR) is 109 cm³/mol. The molecule has 0 fully saturated rings. The summed E-state index contributed by atoms with van der Waals surface area (Å²) in [6.45, 7) is 2.05. The van der Waals surface area contributed by atoms with Crippen LogP contribution in [0.25, 0.3) is 33.6 Å². The number of benzene rings is 3. The van der Waals surface area contributed by atoms with Gasteiger partial charge >= 0.3 is 0 Å². The summed E-state index contributed by atoms with van der Waals surface area (Å²) in [5.74, 6) is 0.351. The lowest BCUT2D eigenvalue weighted by molar-refractivity contribution is 0.477. The Labute approximate surface area is 158 Å². The van der Waals surface area contributed by atoms with Gasteiger partial charge in [0, 0.05) is 11.1 Å². The zero-order chi connectivity index (χ0) is 18.8. The summed E-state index contributed by atoms with van der Waals surface area (Å²) in [6.07, 6.45) is 0. The van der Waals surface area contributed by atoms with E-state index in [1.165, 1.54) is 5.56 Å². The average molecular weight is 353 g/mol. The topological polar surface area (TPSA) is 53.4 Å². The first-order chi connectivity index (χ1) is 13.1. The molecule has 0 spiro atoms. The zero-order valence-electron chi connectivity index (χ0n) is 14.9. The molecule has 0 radical (unpaired) electrons. The van der Waals surface area contributed by atoms with Gasteiger partial charge in [-0.3, -0.25) is 0 Å². The Hall–Kier alpha value is -3.59. The minimum absolute atomic E-state index is 0.175. The second-order valence-corrected chi connectivity index (χ2v) is 6.53. The molecule has 0 saturated heterocycles. The van der Waals surface area contributed by atoms with Crippen LogP contribution >= 0.6 is 0 Å². The number of para-hydroxylation sites is 2. The van der Waals surface area contributed by atoms with Crippen molar-refractivity contribution in [1.82, 2.24) is 4.98 Å². The molecule has 2 N–H and O–H groups in total. The summed E-state index contributed by atoms with van der Waals surface area (Å²) in [5, 5.41) is 20.6. The van der Waals surface area contributed by atoms with E-state index in [9.17, 15) is 10.2 Å². The van der Waals surface area contributed by atoms with Crippen molar-refractivity contribution < 1.29 is 10.2 Å². The molecule has 0 unspecified atom stereocenters. The highest BCUT2D eigenvalue weighted by atomic mass is 16.3. The third-order valence-electron chi connectivity index (χ3n) is 4.57. The third kappa shape index (κ3) is 3.40. The fourth-order valence-electron chi connectivity index (χ4n) is 3.10. The predicted octanol–water partition coefficient (Wildman–Crippen LogP) is 5.80. The minimum Gasteiger partial charge on any atom is -0.507 e. The molecule has 3 nitrogen and oxygen atoms in total. The van der Waals surface area contributed by atoms with Crippen LogP contribution < -0.4 is 0 Å². The first kappa shape index (κ1) is 16.9. The monoisotopic (exact) mass is 353 g/mol. The molecule has 0 aliphatic heterocycles. The quantitative estimate of drug-likeness (QED) is 0.489. The van der Waals surface area contributed by atoms with Crippen LogP contribution in [0.15, 0.2) is 84.9 Å². The number of aromatic hydroxyl groups is 2. The van der Waals surface area contributed by atoms with E-state index in [2.05, 4.69) is 31.2 Å². The van der Waals surface area contributed by atoms with Crippen molar-refractivity contribution in [2.24, 2.45) is 0 Å². The standard InChI is InChI=1S/C24H19NO2/c1-16-10-12-17(13-11-16)18-14-21(19-6-2-4-8-23(19)26)25-22(15-18)20-7-3-5-9-24(20)27/h2-15,26-27H,1H3. The van der Waals surface area contributed by atoms with Crippen molar-refractivity contribution in [3.8, 4) is 45.1 Å². The normalized spacial score (nSPS) is 10.7. The van der Waals surface area contributed by atoms with E-state index in [-0.39, 0.29) is 11.5 Å². The molecule has 4 aromatic rings. The Balaban J connectivity index is 1.95. The fourth-order valence-corrected chi connectivity index (χ4v) is 3.10. The van der Waals surface area contributed by atoms with E-state index in [1.54, 1.807) is 24.3 Å². The summed E-state index contributed by atoms with van der Waals surface area (Å²) in [5.41, 5.74) is 5.84. The van der Waals surface area contributed by atoms with Gasteiger partial charge in [0.2, 0.25) is 0 Å². The summed E-state index contributed by atoms with van der Waals surface area (Å²) in [6, 6.07) is 26.5. The molecule has 4 rings (SSSR count). The number of aromatic nitrogens is 1. The number of pyridine rings is 1. The molecule has 27 heavy (non-hydrogen) atoms. The Morgan fingerprint density at radius 2 is 1.07 bits per heavy atom. The second-order valence-electron chi connectivity index (χ2n) is 6.53. The Morgan fingerprint density at radius 3 is 1.56 bits per heavy atom. The van der Waals surface area contributed by atoms with Crippen LogP contribution in [0.1, 0.15) is 5.56 Å². The first-order valence-corrected chi connectivity index (χ1v) is 8.78. The molecule has 1 aromatic heterocycles. The molecule has 0 amide bonds. The average Bonchev–Trinajstić information content (AvgIpc) is 2.69. The summed E-state index contributed by atoms with van der Waals surface area (Å²) < 4.78 is 0. The summed E-state index contributed by atoms with van der Waals surface area (Å²) in [4.78, 5) is 4.72. The first-order valence-electron chi connectivity index (χ1n) is 8.78. The fraction of sp³-hybridized carbons (Fsp3) is 0.0417. The van der Waals surface area contributed by atoms with Gasteiger partial charge in [0.15, 0.2) is 0 Å². The van der Waals surface area contributed by atoms with Gasteiger partial charge in [-0.25, -0.2) is 4.98 Å². The highest BCUT2D eigenvalue weighted by Gasteiger charge is 2.13.